The van der Waals surface area contributed by atoms with E-state index in [1.807, 2.05) is 6.07 Å². The van der Waals surface area contributed by atoms with E-state index < -0.39 is 0 Å². The third-order valence-corrected chi connectivity index (χ3v) is 1.85. The monoisotopic (exact) mass is 244 g/mol. The van der Waals surface area contributed by atoms with Crippen molar-refractivity contribution in [2.45, 2.75) is 13.8 Å². The zero-order valence-electron chi connectivity index (χ0n) is 7.75. The largest absolute Gasteiger partial charge is 0.489 e. The summed E-state index contributed by atoms with van der Waals surface area (Å²) in [6.45, 7) is 4.82. The Morgan fingerprint density at radius 3 is 2.92 bits per heavy atom. The van der Waals surface area contributed by atoms with Crippen molar-refractivity contribution >= 4 is 21.7 Å². The summed E-state index contributed by atoms with van der Waals surface area (Å²) in [4.78, 5) is 3.96. The van der Waals surface area contributed by atoms with Crippen molar-refractivity contribution < 1.29 is 4.74 Å². The Hall–Kier alpha value is -0.770. The van der Waals surface area contributed by atoms with Gasteiger partial charge in [0, 0.05) is 10.7 Å². The van der Waals surface area contributed by atoms with Crippen LogP contribution in [0.5, 0.6) is 5.75 Å². The fraction of sp³-hybridized carbons (Fsp3) is 0.444. The molecule has 1 aromatic heterocycles. The van der Waals surface area contributed by atoms with Crippen molar-refractivity contribution in [1.82, 2.24) is 4.98 Å². The minimum absolute atomic E-state index is 0.434. The van der Waals surface area contributed by atoms with Crippen LogP contribution in [-0.4, -0.2) is 11.6 Å². The van der Waals surface area contributed by atoms with Crippen molar-refractivity contribution in [3.63, 3.8) is 0 Å². The molecule has 1 aromatic rings. The van der Waals surface area contributed by atoms with Crippen LogP contribution in [0.4, 0.5) is 5.82 Å². The Morgan fingerprint density at radius 1 is 1.62 bits per heavy atom. The number of halogens is 1. The third kappa shape index (κ3) is 3.22. The van der Waals surface area contributed by atoms with Crippen molar-refractivity contribution in [2.75, 3.05) is 12.3 Å². The summed E-state index contributed by atoms with van der Waals surface area (Å²) in [6, 6.07) is 1.82. The normalized spacial score (nSPS) is 10.5. The average Bonchev–Trinajstić information content (AvgIpc) is 2.06. The number of aromatic nitrogens is 1. The summed E-state index contributed by atoms with van der Waals surface area (Å²) >= 11 is 3.31. The van der Waals surface area contributed by atoms with E-state index in [-0.39, 0.29) is 0 Å². The summed E-state index contributed by atoms with van der Waals surface area (Å²) in [5.41, 5.74) is 5.62. The third-order valence-electron chi connectivity index (χ3n) is 1.42. The van der Waals surface area contributed by atoms with Gasteiger partial charge in [0.05, 0.1) is 6.61 Å². The molecule has 4 heteroatoms. The maximum Gasteiger partial charge on any atom is 0.166 e. The number of hydrogen-bond donors (Lipinski definition) is 1. The van der Waals surface area contributed by atoms with Crippen molar-refractivity contribution in [1.29, 1.82) is 0 Å². The zero-order valence-corrected chi connectivity index (χ0v) is 9.34. The second kappa shape index (κ2) is 4.46. The standard InChI is InChI=1S/C9H13BrN2O/c1-6(2)5-13-8-3-7(10)4-12-9(8)11/h3-4,6H,5H2,1-2H3,(H2,11,12). The molecule has 0 saturated heterocycles. The van der Waals surface area contributed by atoms with Gasteiger partial charge in [0.15, 0.2) is 11.6 Å². The molecule has 0 saturated carbocycles. The first kappa shape index (κ1) is 10.3. The molecule has 0 atom stereocenters. The summed E-state index contributed by atoms with van der Waals surface area (Å²) in [7, 11) is 0. The van der Waals surface area contributed by atoms with E-state index in [0.717, 1.165) is 4.47 Å². The minimum Gasteiger partial charge on any atom is -0.489 e. The number of rotatable bonds is 3. The molecule has 1 heterocycles. The minimum atomic E-state index is 0.434. The van der Waals surface area contributed by atoms with Crippen LogP contribution in [0.25, 0.3) is 0 Å². The first-order valence-corrected chi connectivity index (χ1v) is 4.92. The molecule has 72 valence electrons. The highest BCUT2D eigenvalue weighted by Gasteiger charge is 2.03. The summed E-state index contributed by atoms with van der Waals surface area (Å²) in [6.07, 6.45) is 1.65. The molecule has 13 heavy (non-hydrogen) atoms. The quantitative estimate of drug-likeness (QED) is 0.889. The molecule has 0 fully saturated rings. The van der Waals surface area contributed by atoms with Gasteiger partial charge < -0.3 is 10.5 Å². The summed E-state index contributed by atoms with van der Waals surface area (Å²) in [5, 5.41) is 0. The lowest BCUT2D eigenvalue weighted by molar-refractivity contribution is 0.271. The Morgan fingerprint density at radius 2 is 2.31 bits per heavy atom. The van der Waals surface area contributed by atoms with Gasteiger partial charge >= 0.3 is 0 Å². The Labute approximate surface area is 86.4 Å². The smallest absolute Gasteiger partial charge is 0.166 e. The van der Waals surface area contributed by atoms with Crippen LogP contribution in [0.2, 0.25) is 0 Å². The van der Waals surface area contributed by atoms with Gasteiger partial charge in [-0.3, -0.25) is 0 Å². The number of hydrogen-bond acceptors (Lipinski definition) is 3. The Kier molecular flexibility index (Phi) is 3.54. The topological polar surface area (TPSA) is 48.1 Å². The van der Waals surface area contributed by atoms with Gasteiger partial charge in [0.2, 0.25) is 0 Å². The van der Waals surface area contributed by atoms with E-state index in [1.54, 1.807) is 6.20 Å². The molecule has 0 unspecified atom stereocenters. The highest BCUT2D eigenvalue weighted by molar-refractivity contribution is 9.10. The molecular formula is C9H13BrN2O. The highest BCUT2D eigenvalue weighted by Crippen LogP contribution is 2.23. The van der Waals surface area contributed by atoms with Gasteiger partial charge in [-0.1, -0.05) is 13.8 Å². The van der Waals surface area contributed by atoms with Crippen LogP contribution in [0, 0.1) is 5.92 Å². The molecule has 0 aliphatic heterocycles. The van der Waals surface area contributed by atoms with Gasteiger partial charge in [-0.2, -0.15) is 0 Å². The molecule has 0 bridgehead atoms. The van der Waals surface area contributed by atoms with Crippen LogP contribution in [0.3, 0.4) is 0 Å². The van der Waals surface area contributed by atoms with E-state index >= 15 is 0 Å². The maximum atomic E-state index is 5.62. The van der Waals surface area contributed by atoms with Gasteiger partial charge in [0.1, 0.15) is 0 Å². The molecule has 1 rings (SSSR count). The van der Waals surface area contributed by atoms with Gasteiger partial charge in [0.25, 0.3) is 0 Å². The zero-order chi connectivity index (χ0) is 9.84. The van der Waals surface area contributed by atoms with Gasteiger partial charge in [-0.15, -0.1) is 0 Å². The Bertz CT molecular complexity index is 289. The molecule has 0 aliphatic carbocycles. The molecule has 0 radical (unpaired) electrons. The molecule has 2 N–H and O–H groups in total. The maximum absolute atomic E-state index is 5.62. The molecule has 0 spiro atoms. The Balaban J connectivity index is 2.70. The van der Waals surface area contributed by atoms with Crippen LogP contribution in [0.1, 0.15) is 13.8 Å². The molecule has 0 aliphatic rings. The van der Waals surface area contributed by atoms with E-state index in [2.05, 4.69) is 34.8 Å². The SMILES string of the molecule is CC(C)COc1cc(Br)cnc1N. The van der Waals surface area contributed by atoms with E-state index in [9.17, 15) is 0 Å². The number of anilines is 1. The van der Waals surface area contributed by atoms with Crippen molar-refractivity contribution in [3.05, 3.63) is 16.7 Å². The second-order valence-electron chi connectivity index (χ2n) is 3.24. The first-order valence-electron chi connectivity index (χ1n) is 4.13. The number of nitrogen functional groups attached to an aromatic ring is 1. The first-order chi connectivity index (χ1) is 6.09. The summed E-state index contributed by atoms with van der Waals surface area (Å²) < 4.78 is 6.34. The van der Waals surface area contributed by atoms with Gasteiger partial charge in [-0.25, -0.2) is 4.98 Å². The van der Waals surface area contributed by atoms with Crippen LogP contribution < -0.4 is 10.5 Å². The van der Waals surface area contributed by atoms with Crippen LogP contribution in [0.15, 0.2) is 16.7 Å². The van der Waals surface area contributed by atoms with E-state index in [1.165, 1.54) is 0 Å². The molecular weight excluding hydrogens is 232 g/mol. The highest BCUT2D eigenvalue weighted by atomic mass is 79.9. The lowest BCUT2D eigenvalue weighted by Gasteiger charge is -2.10. The van der Waals surface area contributed by atoms with E-state index in [4.69, 9.17) is 10.5 Å². The average molecular weight is 245 g/mol. The number of pyridine rings is 1. The predicted molar refractivity (Wildman–Crippen MR) is 56.7 cm³/mol. The van der Waals surface area contributed by atoms with E-state index in [0.29, 0.717) is 24.1 Å². The summed E-state index contributed by atoms with van der Waals surface area (Å²) in [5.74, 6) is 1.56. The van der Waals surface area contributed by atoms with Gasteiger partial charge in [-0.05, 0) is 27.9 Å². The molecule has 3 nitrogen and oxygen atoms in total. The van der Waals surface area contributed by atoms with Crippen LogP contribution >= 0.6 is 15.9 Å². The van der Waals surface area contributed by atoms with Crippen LogP contribution in [-0.2, 0) is 0 Å². The number of nitrogens with zero attached hydrogens (tertiary/aromatic N) is 1. The molecule has 0 aromatic carbocycles. The lowest BCUT2D eigenvalue weighted by atomic mass is 10.2. The fourth-order valence-electron chi connectivity index (χ4n) is 0.803. The predicted octanol–water partition coefficient (Wildman–Crippen LogP) is 2.46. The van der Waals surface area contributed by atoms with Crippen molar-refractivity contribution in [2.24, 2.45) is 5.92 Å². The fourth-order valence-corrected chi connectivity index (χ4v) is 1.11. The molecule has 0 amide bonds. The van der Waals surface area contributed by atoms with Crippen molar-refractivity contribution in [3.8, 4) is 5.75 Å². The second-order valence-corrected chi connectivity index (χ2v) is 4.16. The number of ether oxygens (including phenoxy) is 1. The lowest BCUT2D eigenvalue weighted by Crippen LogP contribution is -2.06. The number of nitrogens with two attached hydrogens (primary N) is 1.